The van der Waals surface area contributed by atoms with E-state index in [4.69, 9.17) is 21.1 Å². The lowest BCUT2D eigenvalue weighted by Gasteiger charge is -2.19. The van der Waals surface area contributed by atoms with Crippen molar-refractivity contribution < 1.29 is 13.9 Å². The molecule has 20 heavy (non-hydrogen) atoms. The number of nitrogens with one attached hydrogen (secondary N) is 1. The van der Waals surface area contributed by atoms with Crippen LogP contribution in [0.1, 0.15) is 5.56 Å². The zero-order chi connectivity index (χ0) is 13.9. The highest BCUT2D eigenvalue weighted by Gasteiger charge is 2.11. The monoisotopic (exact) mass is 293 g/mol. The molecule has 0 aromatic heterocycles. The summed E-state index contributed by atoms with van der Waals surface area (Å²) in [7, 11) is 0. The molecular formula is C15H13ClFNO2. The lowest BCUT2D eigenvalue weighted by molar-refractivity contribution is 0.171. The fourth-order valence-corrected chi connectivity index (χ4v) is 2.31. The van der Waals surface area contributed by atoms with Crippen molar-refractivity contribution in [2.24, 2.45) is 0 Å². The highest BCUT2D eigenvalue weighted by atomic mass is 35.5. The van der Waals surface area contributed by atoms with Gasteiger partial charge in [-0.3, -0.25) is 0 Å². The average Bonchev–Trinajstić information content (AvgIpc) is 2.44. The molecule has 104 valence electrons. The van der Waals surface area contributed by atoms with Crippen molar-refractivity contribution in [3.05, 3.63) is 52.8 Å². The van der Waals surface area contributed by atoms with Gasteiger partial charge >= 0.3 is 0 Å². The Morgan fingerprint density at radius 2 is 1.85 bits per heavy atom. The Hall–Kier alpha value is -1.94. The third-order valence-corrected chi connectivity index (χ3v) is 3.18. The Kier molecular flexibility index (Phi) is 3.65. The third-order valence-electron chi connectivity index (χ3n) is 2.96. The first-order valence-electron chi connectivity index (χ1n) is 6.29. The SMILES string of the molecule is Fc1cc(Cl)cc(CNc2ccc3c(c2)OCCO3)c1. The van der Waals surface area contributed by atoms with Crippen molar-refractivity contribution in [1.29, 1.82) is 0 Å². The van der Waals surface area contributed by atoms with Crippen LogP contribution in [0.15, 0.2) is 36.4 Å². The number of benzene rings is 2. The zero-order valence-electron chi connectivity index (χ0n) is 10.7. The van der Waals surface area contributed by atoms with Crippen LogP contribution in [0.3, 0.4) is 0 Å². The van der Waals surface area contributed by atoms with Gasteiger partial charge in [0.1, 0.15) is 19.0 Å². The summed E-state index contributed by atoms with van der Waals surface area (Å²) in [6.45, 7) is 1.61. The zero-order valence-corrected chi connectivity index (χ0v) is 11.4. The first kappa shape index (κ1) is 13.1. The molecular weight excluding hydrogens is 281 g/mol. The molecule has 0 amide bonds. The molecule has 1 N–H and O–H groups in total. The van der Waals surface area contributed by atoms with Crippen LogP contribution in [0, 0.1) is 5.82 Å². The lowest BCUT2D eigenvalue weighted by atomic mass is 10.2. The van der Waals surface area contributed by atoms with Crippen LogP contribution in [0.2, 0.25) is 5.02 Å². The van der Waals surface area contributed by atoms with Gasteiger partial charge in [-0.2, -0.15) is 0 Å². The fourth-order valence-electron chi connectivity index (χ4n) is 2.07. The molecule has 5 heteroatoms. The van der Waals surface area contributed by atoms with E-state index in [0.717, 1.165) is 22.7 Å². The maximum Gasteiger partial charge on any atom is 0.163 e. The van der Waals surface area contributed by atoms with Gasteiger partial charge < -0.3 is 14.8 Å². The molecule has 0 fully saturated rings. The number of fused-ring (bicyclic) bond motifs is 1. The molecule has 1 aliphatic heterocycles. The number of anilines is 1. The van der Waals surface area contributed by atoms with Gasteiger partial charge in [0.2, 0.25) is 0 Å². The quantitative estimate of drug-likeness (QED) is 0.932. The molecule has 0 spiro atoms. The molecule has 1 heterocycles. The predicted molar refractivity (Wildman–Crippen MR) is 76.2 cm³/mol. The van der Waals surface area contributed by atoms with Crippen LogP contribution >= 0.6 is 11.6 Å². The van der Waals surface area contributed by atoms with E-state index in [0.29, 0.717) is 24.8 Å². The highest BCUT2D eigenvalue weighted by Crippen LogP contribution is 2.32. The van der Waals surface area contributed by atoms with Crippen LogP contribution < -0.4 is 14.8 Å². The molecule has 3 rings (SSSR count). The predicted octanol–water partition coefficient (Wildman–Crippen LogP) is 3.86. The smallest absolute Gasteiger partial charge is 0.163 e. The van der Waals surface area contributed by atoms with E-state index in [1.807, 2.05) is 18.2 Å². The van der Waals surface area contributed by atoms with Gasteiger partial charge in [0, 0.05) is 23.3 Å². The number of ether oxygens (including phenoxy) is 2. The summed E-state index contributed by atoms with van der Waals surface area (Å²) in [6.07, 6.45) is 0. The van der Waals surface area contributed by atoms with Gasteiger partial charge in [0.15, 0.2) is 11.5 Å². The van der Waals surface area contributed by atoms with E-state index in [9.17, 15) is 4.39 Å². The van der Waals surface area contributed by atoms with E-state index in [2.05, 4.69) is 5.32 Å². The summed E-state index contributed by atoms with van der Waals surface area (Å²) >= 11 is 5.82. The summed E-state index contributed by atoms with van der Waals surface area (Å²) in [6, 6.07) is 10.1. The van der Waals surface area contributed by atoms with Crippen LogP contribution in [-0.4, -0.2) is 13.2 Å². The second-order valence-electron chi connectivity index (χ2n) is 4.49. The first-order valence-corrected chi connectivity index (χ1v) is 6.67. The first-order chi connectivity index (χ1) is 9.70. The largest absolute Gasteiger partial charge is 0.486 e. The molecule has 3 nitrogen and oxygen atoms in total. The van der Waals surface area contributed by atoms with Gasteiger partial charge in [0.05, 0.1) is 0 Å². The van der Waals surface area contributed by atoms with Gasteiger partial charge in [-0.1, -0.05) is 11.6 Å². The standard InChI is InChI=1S/C15H13ClFNO2/c16-11-5-10(6-12(17)7-11)9-18-13-1-2-14-15(8-13)20-4-3-19-14/h1-2,5-8,18H,3-4,9H2. The van der Waals surface area contributed by atoms with Crippen LogP contribution in [0.5, 0.6) is 11.5 Å². The minimum Gasteiger partial charge on any atom is -0.486 e. The molecule has 2 aromatic rings. The van der Waals surface area contributed by atoms with Crippen LogP contribution in [0.25, 0.3) is 0 Å². The Labute approximate surface area is 121 Å². The van der Waals surface area contributed by atoms with Crippen molar-refractivity contribution in [1.82, 2.24) is 0 Å². The topological polar surface area (TPSA) is 30.5 Å². The van der Waals surface area contributed by atoms with Crippen molar-refractivity contribution in [2.75, 3.05) is 18.5 Å². The lowest BCUT2D eigenvalue weighted by Crippen LogP contribution is -2.15. The molecule has 0 bridgehead atoms. The average molecular weight is 294 g/mol. The number of hydrogen-bond donors (Lipinski definition) is 1. The third kappa shape index (κ3) is 2.96. The summed E-state index contributed by atoms with van der Waals surface area (Å²) in [5, 5.41) is 3.60. The van der Waals surface area contributed by atoms with E-state index in [1.54, 1.807) is 6.07 Å². The number of rotatable bonds is 3. The summed E-state index contributed by atoms with van der Waals surface area (Å²) in [4.78, 5) is 0. The second kappa shape index (κ2) is 5.59. The normalized spacial score (nSPS) is 13.1. The maximum absolute atomic E-state index is 13.2. The van der Waals surface area contributed by atoms with Gasteiger partial charge in [-0.15, -0.1) is 0 Å². The Balaban J connectivity index is 1.71. The Morgan fingerprint density at radius 3 is 2.65 bits per heavy atom. The van der Waals surface area contributed by atoms with E-state index in [1.165, 1.54) is 12.1 Å². The molecule has 2 aromatic carbocycles. The molecule has 0 radical (unpaired) electrons. The van der Waals surface area contributed by atoms with Crippen molar-refractivity contribution in [3.63, 3.8) is 0 Å². The number of halogens is 2. The summed E-state index contributed by atoms with van der Waals surface area (Å²) in [5.74, 6) is 1.13. The van der Waals surface area contributed by atoms with Gasteiger partial charge in [0.25, 0.3) is 0 Å². The van der Waals surface area contributed by atoms with Crippen LogP contribution in [-0.2, 0) is 6.54 Å². The Bertz CT molecular complexity index is 613. The van der Waals surface area contributed by atoms with Gasteiger partial charge in [-0.05, 0) is 35.9 Å². The summed E-state index contributed by atoms with van der Waals surface area (Å²) < 4.78 is 24.2. The summed E-state index contributed by atoms with van der Waals surface area (Å²) in [5.41, 5.74) is 1.67. The van der Waals surface area contributed by atoms with Crippen molar-refractivity contribution in [2.45, 2.75) is 6.54 Å². The minimum atomic E-state index is -0.337. The minimum absolute atomic E-state index is 0.337. The van der Waals surface area contributed by atoms with Gasteiger partial charge in [-0.25, -0.2) is 4.39 Å². The molecule has 0 aliphatic carbocycles. The van der Waals surface area contributed by atoms with Crippen molar-refractivity contribution in [3.8, 4) is 11.5 Å². The Morgan fingerprint density at radius 1 is 1.05 bits per heavy atom. The fraction of sp³-hybridized carbons (Fsp3) is 0.200. The highest BCUT2D eigenvalue weighted by molar-refractivity contribution is 6.30. The van der Waals surface area contributed by atoms with Crippen LogP contribution in [0.4, 0.5) is 10.1 Å². The van der Waals surface area contributed by atoms with Crippen molar-refractivity contribution >= 4 is 17.3 Å². The molecule has 1 aliphatic rings. The number of hydrogen-bond acceptors (Lipinski definition) is 3. The second-order valence-corrected chi connectivity index (χ2v) is 4.93. The molecule has 0 unspecified atom stereocenters. The molecule has 0 atom stereocenters. The van der Waals surface area contributed by atoms with E-state index in [-0.39, 0.29) is 5.82 Å². The van der Waals surface area contributed by atoms with E-state index >= 15 is 0 Å². The van der Waals surface area contributed by atoms with E-state index < -0.39 is 0 Å². The molecule has 0 saturated heterocycles. The molecule has 0 saturated carbocycles. The maximum atomic E-state index is 13.2.